The van der Waals surface area contributed by atoms with Crippen molar-refractivity contribution in [3.05, 3.63) is 0 Å². The normalized spacial score (nSPS) is 20.8. The van der Waals surface area contributed by atoms with Crippen LogP contribution in [0.5, 0.6) is 0 Å². The topological polar surface area (TPSA) is 37.5 Å². The Kier molecular flexibility index (Phi) is 21.3. The molecule has 3 rings (SSSR count). The van der Waals surface area contributed by atoms with E-state index in [1.807, 2.05) is 0 Å². The number of likely N-dealkylation sites (N-methyl/N-ethyl adjacent to an activating group) is 1. The Morgan fingerprint density at radius 3 is 1.02 bits per heavy atom. The van der Waals surface area contributed by atoms with Crippen molar-refractivity contribution in [1.82, 2.24) is 29.8 Å². The molecular weight excluding hydrogens is 580 g/mol. The number of hydrogen-bond donors (Lipinski definition) is 1. The van der Waals surface area contributed by atoms with Crippen LogP contribution < -0.4 is 5.32 Å². The second kappa shape index (κ2) is 20.5. The Bertz CT molecular complexity index is 760. The molecule has 0 aromatic heterocycles. The molecule has 286 valence electrons. The first kappa shape index (κ1) is 48.8. The monoisotopic (exact) mass is 671 g/mol. The van der Waals surface area contributed by atoms with E-state index >= 15 is 0 Å². The number of ether oxygens (including phenoxy) is 1. The smallest absolute Gasteiger partial charge is 0.0594 e. The third-order valence-corrected chi connectivity index (χ3v) is 8.95. The minimum Gasteiger partial charge on any atom is -0.379 e. The summed E-state index contributed by atoms with van der Waals surface area (Å²) in [4.78, 5) is 12.1. The summed E-state index contributed by atoms with van der Waals surface area (Å²) in [6.07, 6.45) is 4.12. The van der Waals surface area contributed by atoms with E-state index in [1.54, 1.807) is 0 Å². The van der Waals surface area contributed by atoms with E-state index in [1.165, 1.54) is 45.4 Å². The van der Waals surface area contributed by atoms with Crippen molar-refractivity contribution in [3.63, 3.8) is 0 Å². The lowest BCUT2D eigenvalue weighted by molar-refractivity contribution is -0.00389. The van der Waals surface area contributed by atoms with Crippen molar-refractivity contribution in [2.45, 2.75) is 183 Å². The average Bonchev–Trinajstić information content (AvgIpc) is 3.55. The summed E-state index contributed by atoms with van der Waals surface area (Å²) in [5, 5.41) is 3.46. The van der Waals surface area contributed by atoms with Gasteiger partial charge in [-0.1, -0.05) is 0 Å². The highest BCUT2D eigenvalue weighted by molar-refractivity contribution is 4.88. The van der Waals surface area contributed by atoms with Gasteiger partial charge in [-0.25, -0.2) is 0 Å². The van der Waals surface area contributed by atoms with Gasteiger partial charge >= 0.3 is 0 Å². The molecule has 1 unspecified atom stereocenters. The highest BCUT2D eigenvalue weighted by atomic mass is 16.5. The third-order valence-electron chi connectivity index (χ3n) is 8.95. The highest BCUT2D eigenvalue weighted by Crippen LogP contribution is 2.22. The molecule has 0 spiro atoms. The summed E-state index contributed by atoms with van der Waals surface area (Å²) < 4.78 is 5.25. The molecule has 7 heteroatoms. The fourth-order valence-electron chi connectivity index (χ4n) is 5.52. The molecule has 0 aromatic carbocycles. The fourth-order valence-corrected chi connectivity index (χ4v) is 5.52. The van der Waals surface area contributed by atoms with Crippen LogP contribution in [0, 0.1) is 0 Å². The molecule has 3 heterocycles. The molecule has 7 nitrogen and oxygen atoms in total. The van der Waals surface area contributed by atoms with Gasteiger partial charge in [0.2, 0.25) is 0 Å². The summed E-state index contributed by atoms with van der Waals surface area (Å²) in [7, 11) is 8.52. The van der Waals surface area contributed by atoms with E-state index in [4.69, 9.17) is 4.74 Å². The van der Waals surface area contributed by atoms with Crippen molar-refractivity contribution in [2.75, 3.05) is 80.7 Å². The summed E-state index contributed by atoms with van der Waals surface area (Å²) in [6, 6.07) is 0.768. The summed E-state index contributed by atoms with van der Waals surface area (Å²) in [6.45, 7) is 49.2. The SMILES string of the molecule is CC(C)(C)N1CCCC1.CC(C)(C)N1CCOCC1.CC(C)(C)NC(C)(C)C.CN(C)C(C)(C)C.CN(C)C1CCN(C(C)(C)C)C1. The predicted molar refractivity (Wildman–Crippen MR) is 212 cm³/mol. The van der Waals surface area contributed by atoms with E-state index < -0.39 is 0 Å². The first-order chi connectivity index (χ1) is 20.8. The zero-order valence-electron chi connectivity index (χ0n) is 36.5. The van der Waals surface area contributed by atoms with Crippen molar-refractivity contribution in [3.8, 4) is 0 Å². The molecule has 0 saturated carbocycles. The van der Waals surface area contributed by atoms with Gasteiger partial charge in [-0.05, 0) is 185 Å². The highest BCUT2D eigenvalue weighted by Gasteiger charge is 2.31. The molecule has 0 amide bonds. The number of nitrogens with one attached hydrogen (secondary N) is 1. The average molecular weight is 671 g/mol. The molecule has 3 aliphatic rings. The van der Waals surface area contributed by atoms with E-state index in [9.17, 15) is 0 Å². The van der Waals surface area contributed by atoms with Crippen LogP contribution in [-0.2, 0) is 4.74 Å². The van der Waals surface area contributed by atoms with Crippen LogP contribution in [0.3, 0.4) is 0 Å². The number of rotatable bonds is 1. The molecule has 3 aliphatic heterocycles. The lowest BCUT2D eigenvalue weighted by Crippen LogP contribution is -2.48. The van der Waals surface area contributed by atoms with Crippen LogP contribution in [0.2, 0.25) is 0 Å². The molecule has 47 heavy (non-hydrogen) atoms. The molecule has 0 aromatic rings. The van der Waals surface area contributed by atoms with Crippen molar-refractivity contribution in [1.29, 1.82) is 0 Å². The Labute approximate surface area is 297 Å². The van der Waals surface area contributed by atoms with Gasteiger partial charge in [0, 0.05) is 65.5 Å². The van der Waals surface area contributed by atoms with E-state index in [2.05, 4.69) is 183 Å². The van der Waals surface area contributed by atoms with Crippen LogP contribution in [0.1, 0.15) is 144 Å². The minimum atomic E-state index is 0.234. The van der Waals surface area contributed by atoms with Gasteiger partial charge in [0.1, 0.15) is 0 Å². The van der Waals surface area contributed by atoms with Crippen molar-refractivity contribution < 1.29 is 4.74 Å². The fraction of sp³-hybridized carbons (Fsp3) is 1.00. The van der Waals surface area contributed by atoms with E-state index in [-0.39, 0.29) is 11.1 Å². The second-order valence-corrected chi connectivity index (χ2v) is 20.3. The maximum atomic E-state index is 5.25. The maximum Gasteiger partial charge on any atom is 0.0594 e. The van der Waals surface area contributed by atoms with Gasteiger partial charge in [-0.2, -0.15) is 0 Å². The second-order valence-electron chi connectivity index (χ2n) is 20.3. The molecule has 1 atom stereocenters. The number of nitrogens with zero attached hydrogens (tertiary/aromatic N) is 5. The summed E-state index contributed by atoms with van der Waals surface area (Å²) in [5.74, 6) is 0. The Hall–Kier alpha value is -0.280. The van der Waals surface area contributed by atoms with Gasteiger partial charge in [-0.15, -0.1) is 0 Å². The van der Waals surface area contributed by atoms with E-state index in [0.717, 1.165) is 32.3 Å². The number of hydrogen-bond acceptors (Lipinski definition) is 7. The summed E-state index contributed by atoms with van der Waals surface area (Å²) >= 11 is 0. The predicted octanol–water partition coefficient (Wildman–Crippen LogP) is 7.94. The quantitative estimate of drug-likeness (QED) is 0.304. The summed E-state index contributed by atoms with van der Waals surface area (Å²) in [5.41, 5.74) is 1.89. The Morgan fingerprint density at radius 1 is 0.511 bits per heavy atom. The van der Waals surface area contributed by atoms with Gasteiger partial charge in [0.05, 0.1) is 13.2 Å². The zero-order valence-corrected chi connectivity index (χ0v) is 36.5. The first-order valence-corrected chi connectivity index (χ1v) is 18.7. The molecule has 1 N–H and O–H groups in total. The Balaban J connectivity index is 0. The lowest BCUT2D eigenvalue weighted by Gasteiger charge is -2.38. The number of likely N-dealkylation sites (tertiary alicyclic amines) is 2. The first-order valence-electron chi connectivity index (χ1n) is 18.7. The maximum absolute atomic E-state index is 5.25. The largest absolute Gasteiger partial charge is 0.379 e. The van der Waals surface area contributed by atoms with Crippen LogP contribution >= 0.6 is 0 Å². The third kappa shape index (κ3) is 26.2. The van der Waals surface area contributed by atoms with Gasteiger partial charge < -0.3 is 19.9 Å². The van der Waals surface area contributed by atoms with Crippen LogP contribution in [0.15, 0.2) is 0 Å². The van der Waals surface area contributed by atoms with Crippen LogP contribution in [-0.4, -0.2) is 144 Å². The standard InChI is InChI=1S/C10H22N2.C8H17NO.C8H17N.C8H19N.C6H15N/c1-10(2,3)12-7-6-9(8-12)11(4)5;1-8(2,3)9-4-6-10-7-5-9;1-8(2,3)9-6-4-5-7-9;1-7(2,3)9-8(4,5)6;1-6(2,3)7(4)5/h9H,6-8H2,1-5H3;4-7H2,1-3H3;4-7H2,1-3H3;9H,1-6H3;1-5H3. The number of morpholine rings is 1. The molecule has 0 bridgehead atoms. The van der Waals surface area contributed by atoms with Gasteiger partial charge in [0.15, 0.2) is 0 Å². The van der Waals surface area contributed by atoms with E-state index in [0.29, 0.717) is 22.2 Å². The Morgan fingerprint density at radius 2 is 0.851 bits per heavy atom. The molecule has 0 radical (unpaired) electrons. The van der Waals surface area contributed by atoms with Crippen LogP contribution in [0.25, 0.3) is 0 Å². The van der Waals surface area contributed by atoms with Crippen LogP contribution in [0.4, 0.5) is 0 Å². The molecule has 3 saturated heterocycles. The molecular formula is C40H90N6O. The van der Waals surface area contributed by atoms with Gasteiger partial charge in [-0.3, -0.25) is 14.7 Å². The minimum absolute atomic E-state index is 0.234. The molecule has 0 aliphatic carbocycles. The lowest BCUT2D eigenvalue weighted by atomic mass is 10.0. The van der Waals surface area contributed by atoms with Crippen molar-refractivity contribution >= 4 is 0 Å². The zero-order chi connectivity index (χ0) is 37.7. The van der Waals surface area contributed by atoms with Crippen molar-refractivity contribution in [2.24, 2.45) is 0 Å². The van der Waals surface area contributed by atoms with Gasteiger partial charge in [0.25, 0.3) is 0 Å². The molecule has 3 fully saturated rings.